The Balaban J connectivity index is 0.00000208. The third kappa shape index (κ3) is 5.25. The van der Waals surface area contributed by atoms with Gasteiger partial charge in [-0.05, 0) is 17.5 Å². The Labute approximate surface area is 149 Å². The summed E-state index contributed by atoms with van der Waals surface area (Å²) in [5, 5.41) is 3.48. The molecule has 1 heterocycles. The molecule has 1 aliphatic rings. The van der Waals surface area contributed by atoms with Crippen molar-refractivity contribution in [2.75, 3.05) is 19.6 Å². The van der Waals surface area contributed by atoms with Crippen molar-refractivity contribution in [3.05, 3.63) is 71.8 Å². The number of hydrogen-bond acceptors (Lipinski definition) is 3. The van der Waals surface area contributed by atoms with Crippen LogP contribution in [0.5, 0.6) is 0 Å². The summed E-state index contributed by atoms with van der Waals surface area (Å²) in [6.07, 6.45) is 0.692. The number of rotatable bonds is 4. The minimum atomic E-state index is -0.228. The monoisotopic (exact) mass is 346 g/mol. The predicted octanol–water partition coefficient (Wildman–Crippen LogP) is 3.26. The Morgan fingerprint density at radius 2 is 1.67 bits per heavy atom. The number of ether oxygens (including phenoxy) is 1. The van der Waals surface area contributed by atoms with E-state index in [9.17, 15) is 4.79 Å². The fraction of sp³-hybridized carbons (Fsp3) is 0.316. The molecule has 1 N–H and O–H groups in total. The number of carbonyl (C=O) groups is 1. The van der Waals surface area contributed by atoms with Gasteiger partial charge in [0.1, 0.15) is 6.61 Å². The zero-order chi connectivity index (χ0) is 15.9. The minimum absolute atomic E-state index is 0. The molecular weight excluding hydrogens is 324 g/mol. The third-order valence-electron chi connectivity index (χ3n) is 4.04. The fourth-order valence-corrected chi connectivity index (χ4v) is 2.84. The molecule has 1 fully saturated rings. The summed E-state index contributed by atoms with van der Waals surface area (Å²) in [5.74, 6) is 0. The summed E-state index contributed by atoms with van der Waals surface area (Å²) in [7, 11) is 0. The number of halogens is 1. The topological polar surface area (TPSA) is 41.6 Å². The van der Waals surface area contributed by atoms with Gasteiger partial charge < -0.3 is 15.0 Å². The first-order chi connectivity index (χ1) is 11.3. The van der Waals surface area contributed by atoms with Crippen LogP contribution in [-0.2, 0) is 17.8 Å². The molecule has 2 aromatic carbocycles. The van der Waals surface area contributed by atoms with Crippen LogP contribution in [0.2, 0.25) is 0 Å². The van der Waals surface area contributed by atoms with E-state index in [1.54, 1.807) is 4.90 Å². The predicted molar refractivity (Wildman–Crippen MR) is 97.4 cm³/mol. The molecule has 3 rings (SSSR count). The number of nitrogens with zero attached hydrogens (tertiary/aromatic N) is 1. The molecule has 1 atom stereocenters. The molecule has 0 aliphatic carbocycles. The van der Waals surface area contributed by atoms with Gasteiger partial charge in [-0.3, -0.25) is 0 Å². The third-order valence-corrected chi connectivity index (χ3v) is 4.04. The Bertz CT molecular complexity index is 622. The molecule has 1 amide bonds. The lowest BCUT2D eigenvalue weighted by atomic mass is 10.0. The summed E-state index contributed by atoms with van der Waals surface area (Å²) in [6.45, 7) is 2.51. The van der Waals surface area contributed by atoms with Crippen molar-refractivity contribution in [1.82, 2.24) is 10.2 Å². The summed E-state index contributed by atoms with van der Waals surface area (Å²) < 4.78 is 5.43. The van der Waals surface area contributed by atoms with Crippen LogP contribution in [0.25, 0.3) is 0 Å². The van der Waals surface area contributed by atoms with E-state index in [-0.39, 0.29) is 24.5 Å². The molecule has 0 saturated carbocycles. The lowest BCUT2D eigenvalue weighted by molar-refractivity contribution is 0.0849. The molecule has 4 nitrogen and oxygen atoms in total. The highest BCUT2D eigenvalue weighted by Crippen LogP contribution is 2.10. The second kappa shape index (κ2) is 9.30. The van der Waals surface area contributed by atoms with Gasteiger partial charge in [0.05, 0.1) is 0 Å². The average molecular weight is 347 g/mol. The maximum absolute atomic E-state index is 12.2. The van der Waals surface area contributed by atoms with Gasteiger partial charge in [-0.2, -0.15) is 0 Å². The number of amides is 1. The van der Waals surface area contributed by atoms with Crippen molar-refractivity contribution in [2.24, 2.45) is 0 Å². The van der Waals surface area contributed by atoms with E-state index in [0.29, 0.717) is 19.7 Å². The van der Waals surface area contributed by atoms with E-state index in [4.69, 9.17) is 4.74 Å². The first-order valence-corrected chi connectivity index (χ1v) is 8.04. The summed E-state index contributed by atoms with van der Waals surface area (Å²) in [5.41, 5.74) is 2.29. The van der Waals surface area contributed by atoms with Crippen molar-refractivity contribution in [3.8, 4) is 0 Å². The van der Waals surface area contributed by atoms with Crippen LogP contribution in [0.1, 0.15) is 11.1 Å². The largest absolute Gasteiger partial charge is 0.445 e. The Morgan fingerprint density at radius 3 is 2.33 bits per heavy atom. The average Bonchev–Trinajstić information content (AvgIpc) is 2.62. The Kier molecular flexibility index (Phi) is 7.09. The van der Waals surface area contributed by atoms with Crippen LogP contribution >= 0.6 is 12.4 Å². The van der Waals surface area contributed by atoms with Gasteiger partial charge >= 0.3 is 6.09 Å². The van der Waals surface area contributed by atoms with Gasteiger partial charge in [0.25, 0.3) is 0 Å². The number of carbonyl (C=O) groups excluding carboxylic acids is 1. The first-order valence-electron chi connectivity index (χ1n) is 8.04. The maximum Gasteiger partial charge on any atom is 0.410 e. The standard InChI is InChI=1S/C19H22N2O2.ClH/c22-19(23-15-17-9-5-2-6-10-17)21-12-11-20-18(14-21)13-16-7-3-1-4-8-16;/h1-10,18,20H,11-15H2;1H. The zero-order valence-corrected chi connectivity index (χ0v) is 14.4. The second-order valence-electron chi connectivity index (χ2n) is 5.83. The molecule has 1 saturated heterocycles. The molecule has 0 spiro atoms. The molecule has 24 heavy (non-hydrogen) atoms. The van der Waals surface area contributed by atoms with Gasteiger partial charge in [-0.25, -0.2) is 4.79 Å². The van der Waals surface area contributed by atoms with Crippen molar-refractivity contribution < 1.29 is 9.53 Å². The van der Waals surface area contributed by atoms with Crippen molar-refractivity contribution in [3.63, 3.8) is 0 Å². The summed E-state index contributed by atoms with van der Waals surface area (Å²) in [4.78, 5) is 14.0. The molecule has 0 bridgehead atoms. The lowest BCUT2D eigenvalue weighted by Gasteiger charge is -2.33. The molecule has 1 aliphatic heterocycles. The highest BCUT2D eigenvalue weighted by atomic mass is 35.5. The van der Waals surface area contributed by atoms with E-state index < -0.39 is 0 Å². The molecular formula is C19H23ClN2O2. The Hall–Kier alpha value is -2.04. The van der Waals surface area contributed by atoms with Crippen LogP contribution < -0.4 is 5.32 Å². The van der Waals surface area contributed by atoms with Crippen molar-refractivity contribution in [2.45, 2.75) is 19.1 Å². The number of hydrogen-bond donors (Lipinski definition) is 1. The highest BCUT2D eigenvalue weighted by molar-refractivity contribution is 5.85. The van der Waals surface area contributed by atoms with Crippen LogP contribution in [0, 0.1) is 0 Å². The molecule has 0 aromatic heterocycles. The Morgan fingerprint density at radius 1 is 1.04 bits per heavy atom. The number of piperazine rings is 1. The number of benzene rings is 2. The lowest BCUT2D eigenvalue weighted by Crippen LogP contribution is -2.53. The highest BCUT2D eigenvalue weighted by Gasteiger charge is 2.24. The molecule has 1 unspecified atom stereocenters. The van der Waals surface area contributed by atoms with E-state index in [1.165, 1.54) is 5.56 Å². The van der Waals surface area contributed by atoms with E-state index in [1.807, 2.05) is 48.5 Å². The van der Waals surface area contributed by atoms with Crippen LogP contribution in [0.4, 0.5) is 4.79 Å². The van der Waals surface area contributed by atoms with Crippen LogP contribution in [0.15, 0.2) is 60.7 Å². The van der Waals surface area contributed by atoms with Crippen LogP contribution in [0.3, 0.4) is 0 Å². The summed E-state index contributed by atoms with van der Waals surface area (Å²) >= 11 is 0. The second-order valence-corrected chi connectivity index (χ2v) is 5.83. The maximum atomic E-state index is 12.2. The van der Waals surface area contributed by atoms with Gasteiger partial charge in [0, 0.05) is 25.7 Å². The quantitative estimate of drug-likeness (QED) is 0.923. The fourth-order valence-electron chi connectivity index (χ4n) is 2.84. The smallest absolute Gasteiger partial charge is 0.410 e. The van der Waals surface area contributed by atoms with E-state index >= 15 is 0 Å². The van der Waals surface area contributed by atoms with E-state index in [2.05, 4.69) is 17.4 Å². The normalized spacial score (nSPS) is 17.0. The molecule has 0 radical (unpaired) electrons. The first kappa shape index (κ1) is 18.3. The van der Waals surface area contributed by atoms with E-state index in [0.717, 1.165) is 18.5 Å². The molecule has 128 valence electrons. The van der Waals surface area contributed by atoms with Gasteiger partial charge in [-0.1, -0.05) is 60.7 Å². The van der Waals surface area contributed by atoms with Crippen molar-refractivity contribution in [1.29, 1.82) is 0 Å². The van der Waals surface area contributed by atoms with Crippen molar-refractivity contribution >= 4 is 18.5 Å². The molecule has 2 aromatic rings. The van der Waals surface area contributed by atoms with Gasteiger partial charge in [0.15, 0.2) is 0 Å². The number of nitrogens with one attached hydrogen (secondary N) is 1. The van der Waals surface area contributed by atoms with Gasteiger partial charge in [0.2, 0.25) is 0 Å². The molecule has 5 heteroatoms. The van der Waals surface area contributed by atoms with Gasteiger partial charge in [-0.15, -0.1) is 12.4 Å². The zero-order valence-electron chi connectivity index (χ0n) is 13.6. The van der Waals surface area contributed by atoms with Crippen LogP contribution in [-0.4, -0.2) is 36.7 Å². The SMILES string of the molecule is Cl.O=C(OCc1ccccc1)N1CCNC(Cc2ccccc2)C1. The summed E-state index contributed by atoms with van der Waals surface area (Å²) in [6, 6.07) is 20.4. The minimum Gasteiger partial charge on any atom is -0.445 e.